The summed E-state index contributed by atoms with van der Waals surface area (Å²) < 4.78 is 0. The predicted molar refractivity (Wildman–Crippen MR) is 115 cm³/mol. The van der Waals surface area contributed by atoms with Crippen LogP contribution in [0.2, 0.25) is 0 Å². The van der Waals surface area contributed by atoms with Crippen LogP contribution in [0.25, 0.3) is 11.1 Å². The van der Waals surface area contributed by atoms with Gasteiger partial charge in [-0.25, -0.2) is 0 Å². The Morgan fingerprint density at radius 3 is 1.75 bits per heavy atom. The molecule has 2 amide bonds. The van der Waals surface area contributed by atoms with Gasteiger partial charge in [0.2, 0.25) is 11.8 Å². The topological polar surface area (TPSA) is 58.2 Å². The van der Waals surface area contributed by atoms with Gasteiger partial charge in [0.1, 0.15) is 0 Å². The molecule has 2 rings (SSSR count). The van der Waals surface area contributed by atoms with Crippen molar-refractivity contribution < 1.29 is 9.59 Å². The van der Waals surface area contributed by atoms with Crippen molar-refractivity contribution >= 4 is 11.8 Å². The molecule has 2 aromatic carbocycles. The summed E-state index contributed by atoms with van der Waals surface area (Å²) in [4.78, 5) is 23.1. The van der Waals surface area contributed by atoms with Crippen LogP contribution < -0.4 is 10.6 Å². The van der Waals surface area contributed by atoms with E-state index in [1.54, 1.807) is 6.92 Å². The van der Waals surface area contributed by atoms with Crippen LogP contribution in [0.15, 0.2) is 48.5 Å². The average Bonchev–Trinajstić information content (AvgIpc) is 2.66. The van der Waals surface area contributed by atoms with Crippen molar-refractivity contribution in [2.45, 2.75) is 53.6 Å². The molecule has 0 aromatic heterocycles. The quantitative estimate of drug-likeness (QED) is 0.716. The number of benzene rings is 2. The molecule has 0 saturated heterocycles. The number of rotatable bonds is 8. The third-order valence-corrected chi connectivity index (χ3v) is 4.88. The monoisotopic (exact) mass is 380 g/mol. The summed E-state index contributed by atoms with van der Waals surface area (Å²) in [5.74, 6) is 0.463. The Bertz CT molecular complexity index is 777. The van der Waals surface area contributed by atoms with Gasteiger partial charge in [0.05, 0.1) is 0 Å². The summed E-state index contributed by atoms with van der Waals surface area (Å²) in [6, 6.07) is 16.9. The Kier molecular flexibility index (Phi) is 7.80. The highest BCUT2D eigenvalue weighted by atomic mass is 16.2. The largest absolute Gasteiger partial charge is 0.353 e. The summed E-state index contributed by atoms with van der Waals surface area (Å²) in [5.41, 5.74) is 4.60. The van der Waals surface area contributed by atoms with Gasteiger partial charge in [-0.2, -0.15) is 0 Å². The predicted octanol–water partition coefficient (Wildman–Crippen LogP) is 4.33. The van der Waals surface area contributed by atoms with Crippen LogP contribution in [0.5, 0.6) is 0 Å². The third kappa shape index (κ3) is 6.52. The summed E-state index contributed by atoms with van der Waals surface area (Å²) in [5, 5.41) is 5.98. The smallest absolute Gasteiger partial charge is 0.222 e. The van der Waals surface area contributed by atoms with E-state index in [0.717, 1.165) is 23.1 Å². The van der Waals surface area contributed by atoms with E-state index in [1.165, 1.54) is 5.56 Å². The van der Waals surface area contributed by atoms with Crippen molar-refractivity contribution in [3.05, 3.63) is 59.7 Å². The minimum absolute atomic E-state index is 0.00118. The highest BCUT2D eigenvalue weighted by Gasteiger charge is 2.15. The first-order valence-corrected chi connectivity index (χ1v) is 9.99. The third-order valence-electron chi connectivity index (χ3n) is 4.88. The lowest BCUT2D eigenvalue weighted by molar-refractivity contribution is -0.124. The van der Waals surface area contributed by atoms with Crippen molar-refractivity contribution in [3.63, 3.8) is 0 Å². The van der Waals surface area contributed by atoms with E-state index in [4.69, 9.17) is 0 Å². The van der Waals surface area contributed by atoms with E-state index >= 15 is 0 Å². The summed E-state index contributed by atoms with van der Waals surface area (Å²) >= 11 is 0. The molecule has 0 spiro atoms. The Labute approximate surface area is 168 Å². The molecule has 150 valence electrons. The first-order valence-electron chi connectivity index (χ1n) is 9.99. The lowest BCUT2D eigenvalue weighted by Crippen LogP contribution is -2.38. The number of hydrogen-bond acceptors (Lipinski definition) is 2. The van der Waals surface area contributed by atoms with Crippen LogP contribution >= 0.6 is 0 Å². The van der Waals surface area contributed by atoms with Gasteiger partial charge in [-0.05, 0) is 34.6 Å². The molecule has 0 saturated carbocycles. The highest BCUT2D eigenvalue weighted by molar-refractivity contribution is 5.77. The van der Waals surface area contributed by atoms with E-state index < -0.39 is 0 Å². The molecule has 2 aromatic rings. The van der Waals surface area contributed by atoms with Crippen LogP contribution in [0.4, 0.5) is 0 Å². The van der Waals surface area contributed by atoms with Gasteiger partial charge < -0.3 is 10.6 Å². The maximum atomic E-state index is 11.7. The van der Waals surface area contributed by atoms with Crippen LogP contribution in [-0.4, -0.2) is 17.9 Å². The number of hydrogen-bond donors (Lipinski definition) is 2. The van der Waals surface area contributed by atoms with Crippen LogP contribution in [0, 0.1) is 11.8 Å². The van der Waals surface area contributed by atoms with E-state index in [-0.39, 0.29) is 23.8 Å². The number of carbonyl (C=O) groups is 2. The van der Waals surface area contributed by atoms with Crippen LogP contribution in [-0.2, 0) is 22.6 Å². The Balaban J connectivity index is 2.00. The molecular weight excluding hydrogens is 348 g/mol. The fourth-order valence-corrected chi connectivity index (χ4v) is 3.01. The van der Waals surface area contributed by atoms with Crippen LogP contribution in [0.3, 0.4) is 0 Å². The van der Waals surface area contributed by atoms with Gasteiger partial charge in [0.15, 0.2) is 0 Å². The molecule has 0 bridgehead atoms. The Hall–Kier alpha value is -2.62. The SMILES string of the molecule is CC(=O)N[C@@H](Cc1ccc(-c2ccc(CNC(=O)C(C)C)cc2)cc1)C(C)C. The minimum Gasteiger partial charge on any atom is -0.353 e. The number of carbonyl (C=O) groups excluding carboxylic acids is 2. The van der Waals surface area contributed by atoms with E-state index in [0.29, 0.717) is 12.5 Å². The highest BCUT2D eigenvalue weighted by Crippen LogP contribution is 2.21. The molecule has 4 heteroatoms. The molecule has 4 nitrogen and oxygen atoms in total. The van der Waals surface area contributed by atoms with Crippen molar-refractivity contribution in [2.75, 3.05) is 0 Å². The van der Waals surface area contributed by atoms with Gasteiger partial charge in [-0.1, -0.05) is 76.2 Å². The van der Waals surface area contributed by atoms with E-state index in [1.807, 2.05) is 13.8 Å². The summed E-state index contributed by atoms with van der Waals surface area (Å²) in [7, 11) is 0. The van der Waals surface area contributed by atoms with Gasteiger partial charge >= 0.3 is 0 Å². The molecule has 0 fully saturated rings. The lowest BCUT2D eigenvalue weighted by Gasteiger charge is -2.22. The fraction of sp³-hybridized carbons (Fsp3) is 0.417. The zero-order valence-corrected chi connectivity index (χ0v) is 17.6. The lowest BCUT2D eigenvalue weighted by atomic mass is 9.95. The molecule has 0 aliphatic carbocycles. The molecule has 0 aliphatic rings. The van der Waals surface area contributed by atoms with E-state index in [9.17, 15) is 9.59 Å². The van der Waals surface area contributed by atoms with Crippen molar-refractivity contribution in [1.82, 2.24) is 10.6 Å². The molecule has 0 heterocycles. The van der Waals surface area contributed by atoms with Crippen LogP contribution in [0.1, 0.15) is 45.7 Å². The molecular formula is C24H32N2O2. The van der Waals surface area contributed by atoms with Gasteiger partial charge in [0.25, 0.3) is 0 Å². The average molecular weight is 381 g/mol. The normalized spacial score (nSPS) is 12.1. The van der Waals surface area contributed by atoms with Crippen molar-refractivity contribution in [2.24, 2.45) is 11.8 Å². The first kappa shape index (κ1) is 21.7. The molecule has 2 N–H and O–H groups in total. The van der Waals surface area contributed by atoms with Gasteiger partial charge in [-0.3, -0.25) is 9.59 Å². The minimum atomic E-state index is -0.00118. The molecule has 28 heavy (non-hydrogen) atoms. The van der Waals surface area contributed by atoms with E-state index in [2.05, 4.69) is 73.0 Å². The Morgan fingerprint density at radius 1 is 0.821 bits per heavy atom. The van der Waals surface area contributed by atoms with Gasteiger partial charge in [0, 0.05) is 25.4 Å². The van der Waals surface area contributed by atoms with Crippen molar-refractivity contribution in [3.8, 4) is 11.1 Å². The fourth-order valence-electron chi connectivity index (χ4n) is 3.01. The first-order chi connectivity index (χ1) is 13.3. The summed E-state index contributed by atoms with van der Waals surface area (Å²) in [6.45, 7) is 10.1. The second kappa shape index (κ2) is 10.1. The Morgan fingerprint density at radius 2 is 1.32 bits per heavy atom. The maximum absolute atomic E-state index is 11.7. The second-order valence-electron chi connectivity index (χ2n) is 8.02. The second-order valence-corrected chi connectivity index (χ2v) is 8.02. The number of amides is 2. The molecule has 1 atom stereocenters. The van der Waals surface area contributed by atoms with Crippen molar-refractivity contribution in [1.29, 1.82) is 0 Å². The zero-order chi connectivity index (χ0) is 20.7. The number of nitrogens with one attached hydrogen (secondary N) is 2. The van der Waals surface area contributed by atoms with Gasteiger partial charge in [-0.15, -0.1) is 0 Å². The standard InChI is InChI=1S/C24H32N2O2/c1-16(2)23(26-18(5)27)14-19-6-10-21(11-7-19)22-12-8-20(9-13-22)15-25-24(28)17(3)4/h6-13,16-17,23H,14-15H2,1-5H3,(H,25,28)(H,26,27)/t23-/m0/s1. The molecule has 0 aliphatic heterocycles. The molecule has 0 unspecified atom stereocenters. The zero-order valence-electron chi connectivity index (χ0n) is 17.6. The molecule has 0 radical (unpaired) electrons. The summed E-state index contributed by atoms with van der Waals surface area (Å²) in [6.07, 6.45) is 0.825. The maximum Gasteiger partial charge on any atom is 0.222 e.